The van der Waals surface area contributed by atoms with Gasteiger partial charge in [0.05, 0.1) is 12.8 Å². The summed E-state index contributed by atoms with van der Waals surface area (Å²) in [6, 6.07) is 7.35. The van der Waals surface area contributed by atoms with Crippen LogP contribution in [0.3, 0.4) is 0 Å². The lowest BCUT2D eigenvalue weighted by atomic mass is 10.3. The number of rotatable bonds is 4. The summed E-state index contributed by atoms with van der Waals surface area (Å²) in [5.41, 5.74) is 0.522. The number of benzene rings is 1. The predicted molar refractivity (Wildman–Crippen MR) is 74.4 cm³/mol. The lowest BCUT2D eigenvalue weighted by Crippen LogP contribution is -1.96. The zero-order chi connectivity index (χ0) is 13.9. The highest BCUT2D eigenvalue weighted by atomic mass is 35.5. The van der Waals surface area contributed by atoms with E-state index in [1.54, 1.807) is 12.3 Å². The van der Waals surface area contributed by atoms with E-state index in [9.17, 15) is 0 Å². The highest BCUT2D eigenvalue weighted by Gasteiger charge is 2.13. The maximum Gasteiger partial charge on any atom is 0.234 e. The van der Waals surface area contributed by atoms with Crippen LogP contribution in [0.2, 0.25) is 5.28 Å². The molecule has 0 fully saturated rings. The molecule has 0 spiro atoms. The quantitative estimate of drug-likeness (QED) is 0.747. The first-order valence-electron chi connectivity index (χ1n) is 6.04. The van der Waals surface area contributed by atoms with Gasteiger partial charge in [0.2, 0.25) is 11.2 Å². The van der Waals surface area contributed by atoms with Gasteiger partial charge in [0.15, 0.2) is 17.1 Å². The van der Waals surface area contributed by atoms with Crippen LogP contribution < -0.4 is 9.47 Å². The lowest BCUT2D eigenvalue weighted by Gasteiger charge is -2.10. The Bertz CT molecular complexity index is 744. The number of aromatic nitrogens is 4. The van der Waals surface area contributed by atoms with E-state index in [0.717, 1.165) is 0 Å². The monoisotopic (exact) mass is 290 g/mol. The van der Waals surface area contributed by atoms with Gasteiger partial charge >= 0.3 is 0 Å². The molecule has 0 radical (unpaired) electrons. The van der Waals surface area contributed by atoms with Crippen LogP contribution in [0.25, 0.3) is 11.0 Å². The van der Waals surface area contributed by atoms with Gasteiger partial charge in [-0.05, 0) is 30.7 Å². The molecule has 0 saturated carbocycles. The molecule has 0 unspecified atom stereocenters. The van der Waals surface area contributed by atoms with Crippen molar-refractivity contribution in [2.24, 2.45) is 0 Å². The Morgan fingerprint density at radius 1 is 1.20 bits per heavy atom. The maximum absolute atomic E-state index is 5.87. The first kappa shape index (κ1) is 12.7. The van der Waals surface area contributed by atoms with E-state index in [-0.39, 0.29) is 5.28 Å². The first-order chi connectivity index (χ1) is 9.78. The highest BCUT2D eigenvalue weighted by molar-refractivity contribution is 6.28. The molecule has 0 aliphatic heterocycles. The molecule has 3 aromatic rings. The zero-order valence-corrected chi connectivity index (χ0v) is 11.4. The SMILES string of the molecule is CCOc1ccccc1Oc1nc(Cl)nc2[nH]ncc12. The Balaban J connectivity index is 2.03. The predicted octanol–water partition coefficient (Wildman–Crippen LogP) is 3.20. The summed E-state index contributed by atoms with van der Waals surface area (Å²) in [5, 5.41) is 7.38. The van der Waals surface area contributed by atoms with Gasteiger partial charge in [0.25, 0.3) is 0 Å². The van der Waals surface area contributed by atoms with Gasteiger partial charge in [-0.3, -0.25) is 5.10 Å². The fourth-order valence-corrected chi connectivity index (χ4v) is 1.93. The number of ether oxygens (including phenoxy) is 2. The minimum absolute atomic E-state index is 0.0886. The minimum Gasteiger partial charge on any atom is -0.490 e. The van der Waals surface area contributed by atoms with Crippen molar-refractivity contribution in [1.82, 2.24) is 20.2 Å². The van der Waals surface area contributed by atoms with Gasteiger partial charge < -0.3 is 9.47 Å². The van der Waals surface area contributed by atoms with Crippen LogP contribution in [-0.4, -0.2) is 26.8 Å². The fourth-order valence-electron chi connectivity index (χ4n) is 1.77. The number of nitrogens with zero attached hydrogens (tertiary/aromatic N) is 3. The molecule has 2 heterocycles. The average molecular weight is 291 g/mol. The van der Waals surface area contributed by atoms with Gasteiger partial charge in [-0.1, -0.05) is 12.1 Å². The Labute approximate surface area is 119 Å². The van der Waals surface area contributed by atoms with Gasteiger partial charge in [0, 0.05) is 0 Å². The van der Waals surface area contributed by atoms with Crippen LogP contribution in [0.4, 0.5) is 0 Å². The van der Waals surface area contributed by atoms with Crippen molar-refractivity contribution in [3.05, 3.63) is 35.7 Å². The zero-order valence-electron chi connectivity index (χ0n) is 10.6. The molecule has 0 aliphatic carbocycles. The van der Waals surface area contributed by atoms with Crippen LogP contribution in [0.5, 0.6) is 17.4 Å². The van der Waals surface area contributed by atoms with E-state index >= 15 is 0 Å². The summed E-state index contributed by atoms with van der Waals surface area (Å²) in [7, 11) is 0. The molecule has 1 N–H and O–H groups in total. The van der Waals surface area contributed by atoms with Crippen molar-refractivity contribution < 1.29 is 9.47 Å². The van der Waals surface area contributed by atoms with E-state index in [0.29, 0.717) is 35.0 Å². The summed E-state index contributed by atoms with van der Waals surface area (Å²) >= 11 is 5.87. The Morgan fingerprint density at radius 2 is 2.00 bits per heavy atom. The van der Waals surface area contributed by atoms with E-state index in [1.807, 2.05) is 25.1 Å². The van der Waals surface area contributed by atoms with Gasteiger partial charge in [-0.2, -0.15) is 15.1 Å². The molecule has 7 heteroatoms. The summed E-state index contributed by atoms with van der Waals surface area (Å²) in [4.78, 5) is 8.11. The molecule has 1 aromatic carbocycles. The van der Waals surface area contributed by atoms with Crippen LogP contribution in [-0.2, 0) is 0 Å². The van der Waals surface area contributed by atoms with Gasteiger partial charge in [-0.25, -0.2) is 0 Å². The molecule has 0 saturated heterocycles. The Hall–Kier alpha value is -2.34. The maximum atomic E-state index is 5.87. The summed E-state index contributed by atoms with van der Waals surface area (Å²) in [6.45, 7) is 2.46. The molecule has 102 valence electrons. The molecule has 20 heavy (non-hydrogen) atoms. The standard InChI is InChI=1S/C13H11ClN4O2/c1-2-19-9-5-3-4-6-10(9)20-12-8-7-15-18-11(8)16-13(14)17-12/h3-7H,2H2,1H3,(H,15,16,17,18). The van der Waals surface area contributed by atoms with Crippen LogP contribution in [0.15, 0.2) is 30.5 Å². The number of hydrogen-bond acceptors (Lipinski definition) is 5. The number of H-pyrrole nitrogens is 1. The van der Waals surface area contributed by atoms with Crippen molar-refractivity contribution in [1.29, 1.82) is 0 Å². The number of aromatic amines is 1. The third-order valence-corrected chi connectivity index (χ3v) is 2.77. The van der Waals surface area contributed by atoms with Crippen molar-refractivity contribution >= 4 is 22.6 Å². The third kappa shape index (κ3) is 2.37. The molecule has 6 nitrogen and oxygen atoms in total. The molecule has 3 rings (SSSR count). The van der Waals surface area contributed by atoms with Crippen LogP contribution >= 0.6 is 11.6 Å². The topological polar surface area (TPSA) is 72.9 Å². The van der Waals surface area contributed by atoms with Crippen LogP contribution in [0.1, 0.15) is 6.92 Å². The molecular weight excluding hydrogens is 280 g/mol. The van der Waals surface area contributed by atoms with E-state index in [2.05, 4.69) is 20.2 Å². The minimum atomic E-state index is 0.0886. The average Bonchev–Trinajstić information content (AvgIpc) is 2.89. The molecule has 2 aromatic heterocycles. The smallest absolute Gasteiger partial charge is 0.234 e. The third-order valence-electron chi connectivity index (χ3n) is 2.60. The normalized spacial score (nSPS) is 10.7. The second-order valence-electron chi connectivity index (χ2n) is 3.91. The number of fused-ring (bicyclic) bond motifs is 1. The van der Waals surface area contributed by atoms with Crippen LogP contribution in [0, 0.1) is 0 Å². The Morgan fingerprint density at radius 3 is 2.80 bits per heavy atom. The second-order valence-corrected chi connectivity index (χ2v) is 4.25. The first-order valence-corrected chi connectivity index (χ1v) is 6.42. The van der Waals surface area contributed by atoms with Crippen molar-refractivity contribution in [3.63, 3.8) is 0 Å². The number of hydrogen-bond donors (Lipinski definition) is 1. The fraction of sp³-hybridized carbons (Fsp3) is 0.154. The number of nitrogens with one attached hydrogen (secondary N) is 1. The Kier molecular flexibility index (Phi) is 3.39. The molecule has 0 bridgehead atoms. The van der Waals surface area contributed by atoms with Crippen molar-refractivity contribution in [2.75, 3.05) is 6.61 Å². The number of halogens is 1. The molecule has 0 atom stereocenters. The summed E-state index contributed by atoms with van der Waals surface area (Å²) in [6.07, 6.45) is 1.59. The van der Waals surface area contributed by atoms with Crippen molar-refractivity contribution in [3.8, 4) is 17.4 Å². The van der Waals surface area contributed by atoms with Gasteiger partial charge in [-0.15, -0.1) is 0 Å². The summed E-state index contributed by atoms with van der Waals surface area (Å²) < 4.78 is 11.3. The van der Waals surface area contributed by atoms with Crippen molar-refractivity contribution in [2.45, 2.75) is 6.92 Å². The number of para-hydroxylation sites is 2. The lowest BCUT2D eigenvalue weighted by molar-refractivity contribution is 0.320. The van der Waals surface area contributed by atoms with Gasteiger partial charge in [0.1, 0.15) is 5.39 Å². The largest absolute Gasteiger partial charge is 0.490 e. The second kappa shape index (κ2) is 5.34. The molecular formula is C13H11ClN4O2. The van der Waals surface area contributed by atoms with E-state index in [1.165, 1.54) is 0 Å². The molecule has 0 amide bonds. The van der Waals surface area contributed by atoms with E-state index in [4.69, 9.17) is 21.1 Å². The molecule has 0 aliphatic rings. The highest BCUT2D eigenvalue weighted by Crippen LogP contribution is 2.33. The summed E-state index contributed by atoms with van der Waals surface area (Å²) in [5.74, 6) is 1.54. The van der Waals surface area contributed by atoms with E-state index < -0.39 is 0 Å².